The number of nitrogens with two attached hydrogens (primary N) is 2. The summed E-state index contributed by atoms with van der Waals surface area (Å²) in [6.45, 7) is 2.18. The van der Waals surface area contributed by atoms with Gasteiger partial charge in [-0.05, 0) is 12.8 Å². The molecular weight excluding hydrogens is 164 g/mol. The summed E-state index contributed by atoms with van der Waals surface area (Å²) in [5.74, 6) is -0.468. The Labute approximate surface area is 80.2 Å². The molecular formula is C10H20N2O. The summed E-state index contributed by atoms with van der Waals surface area (Å²) in [6.07, 6.45) is 9.52. The van der Waals surface area contributed by atoms with Crippen molar-refractivity contribution in [2.24, 2.45) is 11.5 Å². The number of allylic oxidation sites excluding steroid dienone is 1. The first kappa shape index (κ1) is 12.2. The topological polar surface area (TPSA) is 69.1 Å². The summed E-state index contributed by atoms with van der Waals surface area (Å²) in [7, 11) is 0. The fraction of sp³-hybridized carbons (Fsp3) is 0.700. The minimum Gasteiger partial charge on any atom is -0.368 e. The molecule has 0 aliphatic heterocycles. The first-order valence-electron chi connectivity index (χ1n) is 4.90. The molecule has 76 valence electrons. The molecule has 0 bridgehead atoms. The second-order valence-corrected chi connectivity index (χ2v) is 3.21. The second kappa shape index (κ2) is 7.80. The van der Waals surface area contributed by atoms with Gasteiger partial charge >= 0.3 is 0 Å². The number of carbonyl (C=O) groups excluding carboxylic acids is 1. The Hall–Kier alpha value is -0.830. The van der Waals surface area contributed by atoms with Gasteiger partial charge in [-0.25, -0.2) is 0 Å². The summed E-state index contributed by atoms with van der Waals surface area (Å²) < 4.78 is 0. The lowest BCUT2D eigenvalue weighted by atomic mass is 10.1. The standard InChI is InChI=1S/C10H20N2O/c1-2-3-4-5-6-7-8-9(11)10(12)13/h7-9H,2-6,11H2,1H3,(H2,12,13)/b8-7+/t9-/m1/s1. The van der Waals surface area contributed by atoms with Gasteiger partial charge in [-0.15, -0.1) is 0 Å². The highest BCUT2D eigenvalue weighted by Crippen LogP contribution is 2.02. The van der Waals surface area contributed by atoms with E-state index in [0.717, 1.165) is 12.8 Å². The quantitative estimate of drug-likeness (QED) is 0.463. The van der Waals surface area contributed by atoms with E-state index in [2.05, 4.69) is 6.92 Å². The van der Waals surface area contributed by atoms with Crippen molar-refractivity contribution < 1.29 is 4.79 Å². The molecule has 1 amide bonds. The molecule has 0 radical (unpaired) electrons. The van der Waals surface area contributed by atoms with E-state index in [-0.39, 0.29) is 0 Å². The Morgan fingerprint density at radius 1 is 1.38 bits per heavy atom. The van der Waals surface area contributed by atoms with E-state index in [1.807, 2.05) is 6.08 Å². The van der Waals surface area contributed by atoms with Gasteiger partial charge in [-0.1, -0.05) is 38.3 Å². The predicted octanol–water partition coefficient (Wildman–Crippen LogP) is 1.33. The Bertz CT molecular complexity index is 166. The van der Waals surface area contributed by atoms with Crippen molar-refractivity contribution in [3.05, 3.63) is 12.2 Å². The Morgan fingerprint density at radius 2 is 2.08 bits per heavy atom. The molecule has 0 saturated heterocycles. The molecule has 0 saturated carbocycles. The zero-order valence-electron chi connectivity index (χ0n) is 8.33. The van der Waals surface area contributed by atoms with Crippen molar-refractivity contribution in [1.29, 1.82) is 0 Å². The van der Waals surface area contributed by atoms with E-state index in [9.17, 15) is 4.79 Å². The monoisotopic (exact) mass is 184 g/mol. The Kier molecular flexibility index (Phi) is 7.30. The first-order valence-corrected chi connectivity index (χ1v) is 4.90. The highest BCUT2D eigenvalue weighted by molar-refractivity contribution is 5.81. The number of unbranched alkanes of at least 4 members (excludes halogenated alkanes) is 4. The van der Waals surface area contributed by atoms with Gasteiger partial charge in [0.2, 0.25) is 5.91 Å². The molecule has 0 aliphatic carbocycles. The molecule has 3 nitrogen and oxygen atoms in total. The molecule has 0 aromatic rings. The third-order valence-electron chi connectivity index (χ3n) is 1.90. The van der Waals surface area contributed by atoms with Gasteiger partial charge in [0, 0.05) is 0 Å². The molecule has 0 unspecified atom stereocenters. The van der Waals surface area contributed by atoms with E-state index in [1.165, 1.54) is 19.3 Å². The third kappa shape index (κ3) is 7.53. The van der Waals surface area contributed by atoms with Crippen molar-refractivity contribution in [2.75, 3.05) is 0 Å². The normalized spacial score (nSPS) is 13.4. The highest BCUT2D eigenvalue weighted by atomic mass is 16.1. The smallest absolute Gasteiger partial charge is 0.238 e. The predicted molar refractivity (Wildman–Crippen MR) is 55.1 cm³/mol. The molecule has 0 aromatic carbocycles. The van der Waals surface area contributed by atoms with Crippen LogP contribution in [-0.2, 0) is 4.79 Å². The van der Waals surface area contributed by atoms with Gasteiger partial charge in [0.05, 0.1) is 0 Å². The van der Waals surface area contributed by atoms with Gasteiger partial charge in [0.25, 0.3) is 0 Å². The SMILES string of the molecule is CCCCCC/C=C/[C@@H](N)C(N)=O. The van der Waals surface area contributed by atoms with Gasteiger partial charge in [-0.2, -0.15) is 0 Å². The van der Waals surface area contributed by atoms with Crippen LogP contribution in [0, 0.1) is 0 Å². The van der Waals surface area contributed by atoms with Crippen molar-refractivity contribution in [3.63, 3.8) is 0 Å². The maximum absolute atomic E-state index is 10.5. The van der Waals surface area contributed by atoms with Gasteiger partial charge in [0.1, 0.15) is 6.04 Å². The van der Waals surface area contributed by atoms with Crippen molar-refractivity contribution in [1.82, 2.24) is 0 Å². The van der Waals surface area contributed by atoms with E-state index in [4.69, 9.17) is 11.5 Å². The summed E-state index contributed by atoms with van der Waals surface area (Å²) in [5.41, 5.74) is 10.4. The molecule has 0 heterocycles. The first-order chi connectivity index (χ1) is 6.18. The average molecular weight is 184 g/mol. The van der Waals surface area contributed by atoms with Crippen LogP contribution in [0.5, 0.6) is 0 Å². The van der Waals surface area contributed by atoms with E-state index in [0.29, 0.717) is 0 Å². The van der Waals surface area contributed by atoms with Gasteiger partial charge in [0.15, 0.2) is 0 Å². The Morgan fingerprint density at radius 3 is 2.62 bits per heavy atom. The number of hydrogen-bond acceptors (Lipinski definition) is 2. The maximum atomic E-state index is 10.5. The van der Waals surface area contributed by atoms with Crippen LogP contribution in [0.15, 0.2) is 12.2 Å². The molecule has 1 atom stereocenters. The molecule has 4 N–H and O–H groups in total. The zero-order valence-corrected chi connectivity index (χ0v) is 8.33. The number of amides is 1. The average Bonchev–Trinajstić information content (AvgIpc) is 2.10. The maximum Gasteiger partial charge on any atom is 0.238 e. The molecule has 0 rings (SSSR count). The molecule has 13 heavy (non-hydrogen) atoms. The largest absolute Gasteiger partial charge is 0.368 e. The third-order valence-corrected chi connectivity index (χ3v) is 1.90. The number of hydrogen-bond donors (Lipinski definition) is 2. The van der Waals surface area contributed by atoms with Crippen LogP contribution in [-0.4, -0.2) is 11.9 Å². The lowest BCUT2D eigenvalue weighted by Crippen LogP contribution is -2.34. The van der Waals surface area contributed by atoms with Crippen LogP contribution in [0.1, 0.15) is 39.0 Å². The van der Waals surface area contributed by atoms with Crippen LogP contribution < -0.4 is 11.5 Å². The minimum absolute atomic E-state index is 0.468. The molecule has 0 fully saturated rings. The highest BCUT2D eigenvalue weighted by Gasteiger charge is 2.01. The summed E-state index contributed by atoms with van der Waals surface area (Å²) in [4.78, 5) is 10.5. The molecule has 3 heteroatoms. The summed E-state index contributed by atoms with van der Waals surface area (Å²) in [6, 6.07) is -0.619. The van der Waals surface area contributed by atoms with Crippen molar-refractivity contribution in [2.45, 2.75) is 45.1 Å². The van der Waals surface area contributed by atoms with Crippen LogP contribution in [0.2, 0.25) is 0 Å². The van der Waals surface area contributed by atoms with Crippen LogP contribution in [0.3, 0.4) is 0 Å². The molecule has 0 aliphatic rings. The van der Waals surface area contributed by atoms with Crippen LogP contribution in [0.4, 0.5) is 0 Å². The summed E-state index contributed by atoms with van der Waals surface area (Å²) in [5, 5.41) is 0. The number of carbonyl (C=O) groups is 1. The number of rotatable bonds is 7. The van der Waals surface area contributed by atoms with E-state index >= 15 is 0 Å². The lowest BCUT2D eigenvalue weighted by Gasteiger charge is -1.99. The second-order valence-electron chi connectivity index (χ2n) is 3.21. The minimum atomic E-state index is -0.619. The van der Waals surface area contributed by atoms with Gasteiger partial charge in [-0.3, -0.25) is 4.79 Å². The number of primary amides is 1. The Balaban J connectivity index is 3.35. The fourth-order valence-electron chi connectivity index (χ4n) is 1.03. The van der Waals surface area contributed by atoms with Gasteiger partial charge < -0.3 is 11.5 Å². The van der Waals surface area contributed by atoms with Crippen LogP contribution >= 0.6 is 0 Å². The summed E-state index contributed by atoms with van der Waals surface area (Å²) >= 11 is 0. The zero-order chi connectivity index (χ0) is 10.1. The molecule has 0 aromatic heterocycles. The van der Waals surface area contributed by atoms with E-state index < -0.39 is 11.9 Å². The molecule has 0 spiro atoms. The fourth-order valence-corrected chi connectivity index (χ4v) is 1.03. The van der Waals surface area contributed by atoms with Crippen LogP contribution in [0.25, 0.3) is 0 Å². The van der Waals surface area contributed by atoms with Crippen molar-refractivity contribution in [3.8, 4) is 0 Å². The van der Waals surface area contributed by atoms with E-state index in [1.54, 1.807) is 6.08 Å². The lowest BCUT2D eigenvalue weighted by molar-refractivity contribution is -0.118. The van der Waals surface area contributed by atoms with Crippen molar-refractivity contribution >= 4 is 5.91 Å².